The highest BCUT2D eigenvalue weighted by Gasteiger charge is 2.15. The van der Waals surface area contributed by atoms with Crippen LogP contribution in [0.3, 0.4) is 0 Å². The number of aryl methyl sites for hydroxylation is 2. The Morgan fingerprint density at radius 2 is 2.21 bits per heavy atom. The molecule has 4 nitrogen and oxygen atoms in total. The molecule has 4 heteroatoms. The third-order valence-corrected chi connectivity index (χ3v) is 2.08. The molecule has 2 aromatic rings. The fourth-order valence-electron chi connectivity index (χ4n) is 1.46. The van der Waals surface area contributed by atoms with Crippen LogP contribution in [0, 0.1) is 13.8 Å². The average Bonchev–Trinajstić information content (AvgIpc) is 2.71. The highest BCUT2D eigenvalue weighted by Crippen LogP contribution is 2.28. The molecule has 0 fully saturated rings. The van der Waals surface area contributed by atoms with Gasteiger partial charge < -0.3 is 13.9 Å². The fourth-order valence-corrected chi connectivity index (χ4v) is 1.46. The molecule has 0 radical (unpaired) electrons. The van der Waals surface area contributed by atoms with E-state index >= 15 is 0 Å². The summed E-state index contributed by atoms with van der Waals surface area (Å²) in [5.41, 5.74) is 1.39. The molecule has 0 aliphatic carbocycles. The molecule has 2 heterocycles. The van der Waals surface area contributed by atoms with Gasteiger partial charge >= 0.3 is 0 Å². The Morgan fingerprint density at radius 1 is 1.43 bits per heavy atom. The minimum absolute atomic E-state index is 0.129. The Kier molecular flexibility index (Phi) is 2.13. The summed E-state index contributed by atoms with van der Waals surface area (Å²) in [7, 11) is 0. The van der Waals surface area contributed by atoms with Crippen molar-refractivity contribution < 1.29 is 13.9 Å². The molecule has 0 aliphatic rings. The largest absolute Gasteiger partial charge is 0.466 e. The molecule has 0 amide bonds. The van der Waals surface area contributed by atoms with Gasteiger partial charge in [-0.25, -0.2) is 4.98 Å². The minimum Gasteiger partial charge on any atom is -0.466 e. The van der Waals surface area contributed by atoms with Gasteiger partial charge in [0.05, 0.1) is 12.2 Å². The summed E-state index contributed by atoms with van der Waals surface area (Å²) in [5, 5.41) is 9.01. The first-order valence-corrected chi connectivity index (χ1v) is 4.33. The van der Waals surface area contributed by atoms with Crippen LogP contribution < -0.4 is 0 Å². The number of furan rings is 1. The van der Waals surface area contributed by atoms with Crippen molar-refractivity contribution in [2.45, 2.75) is 20.5 Å². The molecule has 0 spiro atoms. The van der Waals surface area contributed by atoms with Crippen LogP contribution >= 0.6 is 0 Å². The van der Waals surface area contributed by atoms with E-state index in [2.05, 4.69) is 4.98 Å². The first-order chi connectivity index (χ1) is 6.72. The number of rotatable bonds is 2. The molecule has 2 rings (SSSR count). The summed E-state index contributed by atoms with van der Waals surface area (Å²) < 4.78 is 10.6. The number of hydrogen-bond acceptors (Lipinski definition) is 4. The zero-order valence-corrected chi connectivity index (χ0v) is 8.07. The molecular formula is C10H11NO3. The van der Waals surface area contributed by atoms with Gasteiger partial charge in [-0.1, -0.05) is 0 Å². The second-order valence-corrected chi connectivity index (χ2v) is 3.11. The lowest BCUT2D eigenvalue weighted by molar-refractivity contribution is 0.277. The van der Waals surface area contributed by atoms with E-state index in [9.17, 15) is 0 Å². The molecule has 0 atom stereocenters. The van der Waals surface area contributed by atoms with Crippen molar-refractivity contribution >= 4 is 0 Å². The molecular weight excluding hydrogens is 182 g/mol. The lowest BCUT2D eigenvalue weighted by Crippen LogP contribution is -1.86. The number of hydrogen-bond donors (Lipinski definition) is 1. The first-order valence-electron chi connectivity index (χ1n) is 4.33. The summed E-state index contributed by atoms with van der Waals surface area (Å²) in [5.74, 6) is 2.17. The first kappa shape index (κ1) is 9.02. The van der Waals surface area contributed by atoms with Gasteiger partial charge in [0, 0.05) is 0 Å². The van der Waals surface area contributed by atoms with Crippen molar-refractivity contribution in [3.05, 3.63) is 29.7 Å². The Morgan fingerprint density at radius 3 is 2.79 bits per heavy atom. The predicted molar refractivity (Wildman–Crippen MR) is 49.6 cm³/mol. The van der Waals surface area contributed by atoms with E-state index in [1.807, 2.05) is 19.9 Å². The summed E-state index contributed by atoms with van der Waals surface area (Å²) in [4.78, 5) is 3.90. The van der Waals surface area contributed by atoms with Crippen LogP contribution in [0.5, 0.6) is 0 Å². The van der Waals surface area contributed by atoms with Crippen LogP contribution in [0.1, 0.15) is 17.2 Å². The third-order valence-electron chi connectivity index (χ3n) is 2.08. The number of oxazole rings is 1. The molecule has 14 heavy (non-hydrogen) atoms. The lowest BCUT2D eigenvalue weighted by Gasteiger charge is -1.94. The minimum atomic E-state index is -0.129. The standard InChI is InChI=1S/C10H11NO3/c1-6-3-8(7(2)14-6)10-9(4-12)11-5-13-10/h3,5,12H,4H2,1-2H3. The molecule has 0 saturated carbocycles. The molecule has 0 aromatic carbocycles. The van der Waals surface area contributed by atoms with Crippen molar-refractivity contribution in [1.82, 2.24) is 4.98 Å². The fraction of sp³-hybridized carbons (Fsp3) is 0.300. The second-order valence-electron chi connectivity index (χ2n) is 3.11. The third kappa shape index (κ3) is 1.33. The number of nitrogens with zero attached hydrogens (tertiary/aromatic N) is 1. The van der Waals surface area contributed by atoms with Gasteiger partial charge in [0.25, 0.3) is 0 Å². The molecule has 0 saturated heterocycles. The van der Waals surface area contributed by atoms with Crippen LogP contribution in [0.25, 0.3) is 11.3 Å². The van der Waals surface area contributed by atoms with Crippen molar-refractivity contribution in [3.63, 3.8) is 0 Å². The molecule has 2 aromatic heterocycles. The van der Waals surface area contributed by atoms with Crippen molar-refractivity contribution in [1.29, 1.82) is 0 Å². The molecule has 74 valence electrons. The maximum absolute atomic E-state index is 9.01. The van der Waals surface area contributed by atoms with Crippen LogP contribution in [-0.2, 0) is 6.61 Å². The lowest BCUT2D eigenvalue weighted by atomic mass is 10.1. The highest BCUT2D eigenvalue weighted by atomic mass is 16.4. The van der Waals surface area contributed by atoms with Gasteiger partial charge in [0.1, 0.15) is 17.2 Å². The quantitative estimate of drug-likeness (QED) is 0.792. The van der Waals surface area contributed by atoms with Gasteiger partial charge in [0.15, 0.2) is 12.2 Å². The smallest absolute Gasteiger partial charge is 0.181 e. The van der Waals surface area contributed by atoms with Crippen LogP contribution in [0.15, 0.2) is 21.3 Å². The summed E-state index contributed by atoms with van der Waals surface area (Å²) in [6.45, 7) is 3.59. The molecule has 0 bridgehead atoms. The number of aliphatic hydroxyl groups is 1. The van der Waals surface area contributed by atoms with Crippen LogP contribution in [0.4, 0.5) is 0 Å². The summed E-state index contributed by atoms with van der Waals surface area (Å²) >= 11 is 0. The SMILES string of the molecule is Cc1cc(-c2ocnc2CO)c(C)o1. The van der Waals surface area contributed by atoms with Gasteiger partial charge in [-0.15, -0.1) is 0 Å². The summed E-state index contributed by atoms with van der Waals surface area (Å²) in [6, 6.07) is 1.87. The molecule has 0 unspecified atom stereocenters. The predicted octanol–water partition coefficient (Wildman–Crippen LogP) is 2.04. The van der Waals surface area contributed by atoms with Gasteiger partial charge in [-0.3, -0.25) is 0 Å². The van der Waals surface area contributed by atoms with E-state index in [1.54, 1.807) is 0 Å². The van der Waals surface area contributed by atoms with Crippen molar-refractivity contribution in [3.8, 4) is 11.3 Å². The number of aliphatic hydroxyl groups excluding tert-OH is 1. The normalized spacial score (nSPS) is 10.8. The second kappa shape index (κ2) is 3.31. The van der Waals surface area contributed by atoms with E-state index in [1.165, 1.54) is 6.39 Å². The Bertz CT molecular complexity index is 442. The Balaban J connectivity index is 2.53. The van der Waals surface area contributed by atoms with E-state index in [0.29, 0.717) is 11.5 Å². The van der Waals surface area contributed by atoms with Crippen LogP contribution in [0.2, 0.25) is 0 Å². The van der Waals surface area contributed by atoms with E-state index in [4.69, 9.17) is 13.9 Å². The van der Waals surface area contributed by atoms with E-state index in [0.717, 1.165) is 17.1 Å². The maximum atomic E-state index is 9.01. The van der Waals surface area contributed by atoms with E-state index in [-0.39, 0.29) is 6.61 Å². The zero-order valence-electron chi connectivity index (χ0n) is 8.07. The monoisotopic (exact) mass is 193 g/mol. The van der Waals surface area contributed by atoms with Crippen molar-refractivity contribution in [2.24, 2.45) is 0 Å². The molecule has 1 N–H and O–H groups in total. The topological polar surface area (TPSA) is 59.4 Å². The van der Waals surface area contributed by atoms with Gasteiger partial charge in [-0.2, -0.15) is 0 Å². The average molecular weight is 193 g/mol. The Hall–Kier alpha value is -1.55. The summed E-state index contributed by atoms with van der Waals surface area (Å²) in [6.07, 6.45) is 1.32. The molecule has 0 aliphatic heterocycles. The highest BCUT2D eigenvalue weighted by molar-refractivity contribution is 5.62. The Labute approximate surface area is 81.2 Å². The number of aromatic nitrogens is 1. The van der Waals surface area contributed by atoms with E-state index < -0.39 is 0 Å². The van der Waals surface area contributed by atoms with Crippen molar-refractivity contribution in [2.75, 3.05) is 0 Å². The zero-order chi connectivity index (χ0) is 10.1. The van der Waals surface area contributed by atoms with Crippen LogP contribution in [-0.4, -0.2) is 10.1 Å². The maximum Gasteiger partial charge on any atom is 0.181 e. The van der Waals surface area contributed by atoms with Gasteiger partial charge in [0.2, 0.25) is 0 Å². The van der Waals surface area contributed by atoms with Gasteiger partial charge in [-0.05, 0) is 19.9 Å².